The van der Waals surface area contributed by atoms with Crippen LogP contribution in [0.25, 0.3) is 0 Å². The van der Waals surface area contributed by atoms with Crippen molar-refractivity contribution in [2.45, 2.75) is 75.5 Å². The molecule has 4 atom stereocenters. The Hall–Kier alpha value is 1.00. The molecule has 0 aliphatic heterocycles. The number of esters is 4. The predicted octanol–water partition coefficient (Wildman–Crippen LogP) is -6.36. The third kappa shape index (κ3) is 35.7. The van der Waals surface area contributed by atoms with Crippen molar-refractivity contribution in [2.24, 2.45) is 22.9 Å². The molecule has 0 heterocycles. The summed E-state index contributed by atoms with van der Waals surface area (Å²) >= 11 is 0. The van der Waals surface area contributed by atoms with Gasteiger partial charge in [0.15, 0.2) is 0 Å². The van der Waals surface area contributed by atoms with E-state index in [1.807, 2.05) is 0 Å². The van der Waals surface area contributed by atoms with Gasteiger partial charge < -0.3 is 52.8 Å². The van der Waals surface area contributed by atoms with Crippen LogP contribution in [0.15, 0.2) is 0 Å². The first kappa shape index (κ1) is 59.4. The van der Waals surface area contributed by atoms with Gasteiger partial charge in [0.05, 0.1) is 0 Å². The quantitative estimate of drug-likeness (QED) is 0.0429. The third-order valence-electron chi connectivity index (χ3n) is 4.34. The Kier molecular flexibility index (Phi) is 47.5. The number of hydrogen-bond donors (Lipinski definition) is 8. The third-order valence-corrected chi connectivity index (χ3v) is 4.34. The van der Waals surface area contributed by atoms with Gasteiger partial charge in [-0.15, -0.1) is 0 Å². The van der Waals surface area contributed by atoms with Gasteiger partial charge in [0, 0.05) is 25.7 Å². The van der Waals surface area contributed by atoms with E-state index in [0.29, 0.717) is 0 Å². The molecule has 0 amide bonds. The van der Waals surface area contributed by atoms with Gasteiger partial charge in [-0.25, -0.2) is 4.79 Å². The average molecular weight is 672 g/mol. The molecule has 0 radical (unpaired) electrons. The molecule has 0 aliphatic carbocycles. The molecule has 23 heteroatoms. The van der Waals surface area contributed by atoms with Gasteiger partial charge in [0.1, 0.15) is 24.2 Å². The Bertz CT molecular complexity index is 900. The first-order chi connectivity index (χ1) is 17.5. The molecule has 0 fully saturated rings. The summed E-state index contributed by atoms with van der Waals surface area (Å²) in [6.45, 7) is 0. The van der Waals surface area contributed by atoms with Gasteiger partial charge >= 0.3 is 196 Å². The Morgan fingerprint density at radius 2 is 0.698 bits per heavy atom. The molecule has 0 aliphatic rings. The first-order valence-electron chi connectivity index (χ1n) is 10.9. The first-order valence-corrected chi connectivity index (χ1v) is 10.9. The van der Waals surface area contributed by atoms with Gasteiger partial charge in [0.25, 0.3) is 0 Å². The van der Waals surface area contributed by atoms with Crippen LogP contribution in [0.4, 0.5) is 0 Å². The van der Waals surface area contributed by atoms with Gasteiger partial charge in [-0.05, 0) is 25.7 Å². The number of nitrogens with two attached hydrogens (primary N) is 4. The van der Waals surface area contributed by atoms with Crippen LogP contribution >= 0.6 is 0 Å². The van der Waals surface area contributed by atoms with Crippen LogP contribution in [-0.4, -0.2) is 240 Å². The zero-order valence-corrected chi connectivity index (χ0v) is 20.1. The number of carboxylic acids is 4. The Balaban J connectivity index is -0.000000149. The van der Waals surface area contributed by atoms with Crippen molar-refractivity contribution in [3.63, 3.8) is 0 Å². The summed E-state index contributed by atoms with van der Waals surface area (Å²) < 4.78 is 8.81. The topological polar surface area (TPSA) is 340 Å². The number of rotatable bonds is 16. The minimum absolute atomic E-state index is 0. The van der Waals surface area contributed by atoms with Crippen molar-refractivity contribution in [1.82, 2.24) is 0 Å². The van der Waals surface area contributed by atoms with E-state index in [-0.39, 0.29) is 186 Å². The SMILES string of the molecule is N[C@@H](CCC(=O)O)C(=O)O.N[C@@H](CCC(=O)OC(=O)CC[C@H](N)C(=O)OC(=O)CC[C@H](N)C(=O)O)C(=O)O.[NaH].[NaH].[NaH].[NaH].[NaH]. The van der Waals surface area contributed by atoms with Crippen LogP contribution in [0.5, 0.6) is 0 Å². The van der Waals surface area contributed by atoms with E-state index in [1.54, 1.807) is 0 Å². The molecule has 0 rings (SSSR count). The fraction of sp³-hybridized carbons (Fsp3) is 0.600. The Morgan fingerprint density at radius 1 is 0.442 bits per heavy atom. The van der Waals surface area contributed by atoms with Crippen LogP contribution in [0, 0.1) is 0 Å². The van der Waals surface area contributed by atoms with Gasteiger partial charge in [-0.3, -0.25) is 33.6 Å². The summed E-state index contributed by atoms with van der Waals surface area (Å²) in [7, 11) is 0. The van der Waals surface area contributed by atoms with Crippen LogP contribution in [-0.2, 0) is 47.8 Å². The molecule has 43 heavy (non-hydrogen) atoms. The summed E-state index contributed by atoms with van der Waals surface area (Å²) in [5.74, 6) is -8.96. The van der Waals surface area contributed by atoms with Crippen molar-refractivity contribution in [1.29, 1.82) is 0 Å². The second-order valence-corrected chi connectivity index (χ2v) is 7.63. The number of carboxylic acid groups (broad SMARTS) is 4. The maximum atomic E-state index is 11.6. The van der Waals surface area contributed by atoms with Gasteiger partial charge in [-0.2, -0.15) is 0 Å². The molecule has 12 N–H and O–H groups in total. The molecule has 0 spiro atoms. The van der Waals surface area contributed by atoms with E-state index in [1.165, 1.54) is 0 Å². The minimum atomic E-state index is -1.36. The molecular formula is C20H37N4Na5O14. The van der Waals surface area contributed by atoms with Crippen molar-refractivity contribution < 1.29 is 68.3 Å². The molecule has 0 saturated carbocycles. The van der Waals surface area contributed by atoms with Crippen molar-refractivity contribution >= 4 is 196 Å². The van der Waals surface area contributed by atoms with Crippen LogP contribution in [0.2, 0.25) is 0 Å². The maximum absolute atomic E-state index is 11.6. The average Bonchev–Trinajstić information content (AvgIpc) is 2.82. The van der Waals surface area contributed by atoms with E-state index in [4.69, 9.17) is 43.4 Å². The van der Waals surface area contributed by atoms with Crippen LogP contribution in [0.3, 0.4) is 0 Å². The zero-order chi connectivity index (χ0) is 30.0. The number of hydrogen-bond acceptors (Lipinski definition) is 14. The normalized spacial score (nSPS) is 11.8. The number of carbonyl (C=O) groups is 8. The van der Waals surface area contributed by atoms with Crippen LogP contribution in [0.1, 0.15) is 51.4 Å². The molecule has 0 aromatic rings. The zero-order valence-electron chi connectivity index (χ0n) is 20.1. The molecule has 0 saturated heterocycles. The van der Waals surface area contributed by atoms with Crippen LogP contribution < -0.4 is 22.9 Å². The summed E-state index contributed by atoms with van der Waals surface area (Å²) in [5, 5.41) is 33.4. The number of aliphatic carboxylic acids is 4. The molecule has 226 valence electrons. The molecule has 0 bridgehead atoms. The van der Waals surface area contributed by atoms with E-state index < -0.39 is 84.8 Å². The van der Waals surface area contributed by atoms with E-state index in [0.717, 1.165) is 0 Å². The predicted molar refractivity (Wildman–Crippen MR) is 157 cm³/mol. The Morgan fingerprint density at radius 3 is 0.977 bits per heavy atom. The fourth-order valence-electron chi connectivity index (χ4n) is 2.06. The standard InChI is InChI=1S/C15H23N3O10.C5H9NO4.5Na.5H/c16-7(13(22)23)1-4-10(19)27-11(20)6-3-9(18)15(26)28-12(21)5-2-8(17)14(24)25;6-3(5(9)10)1-2-4(7)8;;;;;;;;;;/h7-9H,1-6,16-18H2,(H,22,23)(H,24,25);3H,1-2,6H2,(H,7,8)(H,9,10);;;;;;;;;;/t7-,8-,9-;3-;;;;;;;;;;/m00........../s1. The van der Waals surface area contributed by atoms with Crippen molar-refractivity contribution in [3.05, 3.63) is 0 Å². The summed E-state index contributed by atoms with van der Waals surface area (Å²) in [5.41, 5.74) is 20.9. The molecule has 0 aromatic carbocycles. The van der Waals surface area contributed by atoms with E-state index in [9.17, 15) is 38.4 Å². The Labute approximate surface area is 357 Å². The fourth-order valence-corrected chi connectivity index (χ4v) is 2.06. The summed E-state index contributed by atoms with van der Waals surface area (Å²) in [6, 6.07) is -4.97. The molecule has 18 nitrogen and oxygen atoms in total. The molecular weight excluding hydrogens is 635 g/mol. The monoisotopic (exact) mass is 672 g/mol. The summed E-state index contributed by atoms with van der Waals surface area (Å²) in [4.78, 5) is 86.7. The second-order valence-electron chi connectivity index (χ2n) is 7.63. The number of ether oxygens (including phenoxy) is 2. The van der Waals surface area contributed by atoms with E-state index >= 15 is 0 Å². The van der Waals surface area contributed by atoms with Gasteiger partial charge in [0.2, 0.25) is 0 Å². The second kappa shape index (κ2) is 34.3. The molecule has 0 unspecified atom stereocenters. The molecule has 0 aromatic heterocycles. The van der Waals surface area contributed by atoms with Gasteiger partial charge in [-0.1, -0.05) is 0 Å². The van der Waals surface area contributed by atoms with Crippen molar-refractivity contribution in [2.75, 3.05) is 0 Å². The number of carbonyl (C=O) groups excluding carboxylic acids is 4. The summed E-state index contributed by atoms with van der Waals surface area (Å²) in [6.07, 6.45) is -2.22. The van der Waals surface area contributed by atoms with Crippen molar-refractivity contribution in [3.8, 4) is 0 Å². The van der Waals surface area contributed by atoms with E-state index in [2.05, 4.69) is 9.47 Å².